The minimum Gasteiger partial charge on any atom is -0.468 e. The number of hydrogen-bond donors (Lipinski definition) is 0. The first-order valence-electron chi connectivity index (χ1n) is 5.27. The lowest BCUT2D eigenvalue weighted by Crippen LogP contribution is -2.35. The lowest BCUT2D eigenvalue weighted by Gasteiger charge is -2.21. The van der Waals surface area contributed by atoms with Gasteiger partial charge in [-0.1, -0.05) is 24.3 Å². The Kier molecular flexibility index (Phi) is 3.23. The minimum absolute atomic E-state index is 0.0676. The van der Waals surface area contributed by atoms with E-state index in [1.807, 2.05) is 18.2 Å². The van der Waals surface area contributed by atoms with Gasteiger partial charge in [0.25, 0.3) is 0 Å². The van der Waals surface area contributed by atoms with Crippen molar-refractivity contribution in [3.05, 3.63) is 42.0 Å². The molecule has 0 aromatic heterocycles. The van der Waals surface area contributed by atoms with E-state index in [1.165, 1.54) is 12.0 Å². The van der Waals surface area contributed by atoms with Crippen molar-refractivity contribution in [3.8, 4) is 0 Å². The predicted octanol–water partition coefficient (Wildman–Crippen LogP) is 1.30. The van der Waals surface area contributed by atoms with E-state index in [4.69, 9.17) is 0 Å². The van der Waals surface area contributed by atoms with Crippen LogP contribution in [0, 0.1) is 6.08 Å². The van der Waals surface area contributed by atoms with Crippen molar-refractivity contribution in [3.63, 3.8) is 0 Å². The predicted molar refractivity (Wildman–Crippen MR) is 62.3 cm³/mol. The van der Waals surface area contributed by atoms with Gasteiger partial charge in [0.2, 0.25) is 5.91 Å². The van der Waals surface area contributed by atoms with E-state index < -0.39 is 5.97 Å². The third kappa shape index (κ3) is 2.36. The Hall–Kier alpha value is -2.10. The van der Waals surface area contributed by atoms with Crippen LogP contribution in [0.25, 0.3) is 0 Å². The molecule has 4 nitrogen and oxygen atoms in total. The summed E-state index contributed by atoms with van der Waals surface area (Å²) in [6, 6.07) is 7.34. The zero-order valence-corrected chi connectivity index (χ0v) is 9.47. The molecule has 1 aliphatic rings. The van der Waals surface area contributed by atoms with Gasteiger partial charge in [0.05, 0.1) is 12.8 Å². The molecule has 0 bridgehead atoms. The molecule has 1 heterocycles. The van der Waals surface area contributed by atoms with Crippen LogP contribution >= 0.6 is 0 Å². The van der Waals surface area contributed by atoms with Gasteiger partial charge in [-0.05, 0) is 12.1 Å². The highest BCUT2D eigenvalue weighted by Gasteiger charge is 2.22. The van der Waals surface area contributed by atoms with Crippen molar-refractivity contribution < 1.29 is 14.3 Å². The third-order valence-electron chi connectivity index (χ3n) is 2.55. The van der Waals surface area contributed by atoms with Gasteiger partial charge in [0.1, 0.15) is 6.54 Å². The van der Waals surface area contributed by atoms with Gasteiger partial charge in [-0.2, -0.15) is 0 Å². The first-order valence-corrected chi connectivity index (χ1v) is 5.27. The molecule has 1 aliphatic heterocycles. The van der Waals surface area contributed by atoms with E-state index in [2.05, 4.69) is 10.8 Å². The zero-order valence-electron chi connectivity index (χ0n) is 9.47. The Bertz CT molecular complexity index is 479. The fourth-order valence-electron chi connectivity index (χ4n) is 1.69. The van der Waals surface area contributed by atoms with Crippen LogP contribution in [0.4, 0.5) is 5.69 Å². The van der Waals surface area contributed by atoms with Crippen molar-refractivity contribution in [1.82, 2.24) is 0 Å². The highest BCUT2D eigenvalue weighted by Crippen LogP contribution is 2.24. The molecule has 0 unspecified atom stereocenters. The lowest BCUT2D eigenvalue weighted by atomic mass is 10.1. The topological polar surface area (TPSA) is 46.6 Å². The molecule has 2 rings (SSSR count). The molecule has 0 atom stereocenters. The van der Waals surface area contributed by atoms with E-state index >= 15 is 0 Å². The van der Waals surface area contributed by atoms with Gasteiger partial charge in [0.15, 0.2) is 0 Å². The second kappa shape index (κ2) is 4.82. The second-order valence-corrected chi connectivity index (χ2v) is 3.63. The number of fused-ring (bicyclic) bond motifs is 1. The maximum Gasteiger partial charge on any atom is 0.325 e. The van der Waals surface area contributed by atoms with Gasteiger partial charge in [-0.3, -0.25) is 9.59 Å². The van der Waals surface area contributed by atoms with Gasteiger partial charge in [-0.25, -0.2) is 0 Å². The SMILES string of the molecule is COC(=O)CN1C(=O)CC=[C]c2ccccc21. The molecule has 0 spiro atoms. The molecular formula is C13H12NO3. The van der Waals surface area contributed by atoms with E-state index in [1.54, 1.807) is 12.1 Å². The highest BCUT2D eigenvalue weighted by molar-refractivity contribution is 5.99. The minimum atomic E-state index is -0.435. The molecule has 0 saturated heterocycles. The second-order valence-electron chi connectivity index (χ2n) is 3.63. The largest absolute Gasteiger partial charge is 0.468 e. The summed E-state index contributed by atoms with van der Waals surface area (Å²) in [5.41, 5.74) is 1.50. The number of nitrogens with zero attached hydrogens (tertiary/aromatic N) is 1. The summed E-state index contributed by atoms with van der Waals surface area (Å²) in [6.07, 6.45) is 4.96. The van der Waals surface area contributed by atoms with E-state index in [0.717, 1.165) is 5.56 Å². The molecule has 17 heavy (non-hydrogen) atoms. The first-order chi connectivity index (χ1) is 8.22. The van der Waals surface area contributed by atoms with Crippen molar-refractivity contribution in [2.45, 2.75) is 6.42 Å². The van der Waals surface area contributed by atoms with Crippen molar-refractivity contribution >= 4 is 17.6 Å². The van der Waals surface area contributed by atoms with Crippen LogP contribution < -0.4 is 4.90 Å². The monoisotopic (exact) mass is 230 g/mol. The molecule has 0 aliphatic carbocycles. The molecule has 4 heteroatoms. The van der Waals surface area contributed by atoms with Crippen LogP contribution in [0.5, 0.6) is 0 Å². The highest BCUT2D eigenvalue weighted by atomic mass is 16.5. The Morgan fingerprint density at radius 1 is 1.47 bits per heavy atom. The maximum atomic E-state index is 11.9. The molecular weight excluding hydrogens is 218 g/mol. The average Bonchev–Trinajstić information content (AvgIpc) is 2.50. The summed E-state index contributed by atoms with van der Waals surface area (Å²) in [5, 5.41) is 0. The third-order valence-corrected chi connectivity index (χ3v) is 2.55. The summed E-state index contributed by atoms with van der Waals surface area (Å²) in [6.45, 7) is -0.0676. The first kappa shape index (κ1) is 11.4. The number of amides is 1. The van der Waals surface area contributed by atoms with Crippen LogP contribution in [0.15, 0.2) is 30.3 Å². The van der Waals surface area contributed by atoms with Crippen molar-refractivity contribution in [2.24, 2.45) is 0 Å². The number of methoxy groups -OCH3 is 1. The standard InChI is InChI=1S/C13H12NO3/c1-17-13(16)9-14-11-7-3-2-5-10(11)6-4-8-12(14)15/h2-5,7H,8-9H2,1H3. The van der Waals surface area contributed by atoms with E-state index in [0.29, 0.717) is 5.69 Å². The molecule has 0 fully saturated rings. The fourth-order valence-corrected chi connectivity index (χ4v) is 1.69. The van der Waals surface area contributed by atoms with Crippen molar-refractivity contribution in [1.29, 1.82) is 0 Å². The molecule has 0 saturated carbocycles. The van der Waals surface area contributed by atoms with Crippen LogP contribution in [-0.2, 0) is 14.3 Å². The zero-order chi connectivity index (χ0) is 12.3. The molecule has 1 aromatic rings. The van der Waals surface area contributed by atoms with Gasteiger partial charge in [0, 0.05) is 12.0 Å². The lowest BCUT2D eigenvalue weighted by molar-refractivity contribution is -0.140. The van der Waals surface area contributed by atoms with Crippen LogP contribution in [0.2, 0.25) is 0 Å². The van der Waals surface area contributed by atoms with E-state index in [-0.39, 0.29) is 18.9 Å². The number of benzene rings is 1. The van der Waals surface area contributed by atoms with E-state index in [9.17, 15) is 9.59 Å². The number of carbonyl (C=O) groups is 2. The number of para-hydroxylation sites is 1. The summed E-state index contributed by atoms with van der Waals surface area (Å²) in [5.74, 6) is -0.567. The number of rotatable bonds is 2. The number of carbonyl (C=O) groups excluding carboxylic acids is 2. The smallest absolute Gasteiger partial charge is 0.325 e. The Balaban J connectivity index is 2.37. The Morgan fingerprint density at radius 2 is 2.24 bits per heavy atom. The normalized spacial score (nSPS) is 14.2. The van der Waals surface area contributed by atoms with Gasteiger partial charge < -0.3 is 9.64 Å². The van der Waals surface area contributed by atoms with Crippen LogP contribution in [0.3, 0.4) is 0 Å². The quantitative estimate of drug-likeness (QED) is 0.719. The Labute approximate surface area is 99.5 Å². The molecule has 87 valence electrons. The summed E-state index contributed by atoms with van der Waals surface area (Å²) >= 11 is 0. The number of anilines is 1. The fraction of sp³-hybridized carbons (Fsp3) is 0.231. The maximum absolute atomic E-state index is 11.9. The summed E-state index contributed by atoms with van der Waals surface area (Å²) in [4.78, 5) is 24.6. The van der Waals surface area contributed by atoms with Crippen LogP contribution in [-0.4, -0.2) is 25.5 Å². The summed E-state index contributed by atoms with van der Waals surface area (Å²) in [7, 11) is 1.31. The number of hydrogen-bond acceptors (Lipinski definition) is 3. The number of ether oxygens (including phenoxy) is 1. The summed E-state index contributed by atoms with van der Waals surface area (Å²) < 4.78 is 4.59. The molecule has 1 radical (unpaired) electrons. The van der Waals surface area contributed by atoms with Gasteiger partial charge in [-0.15, -0.1) is 0 Å². The van der Waals surface area contributed by atoms with Crippen molar-refractivity contribution in [2.75, 3.05) is 18.6 Å². The van der Waals surface area contributed by atoms with Crippen LogP contribution in [0.1, 0.15) is 12.0 Å². The molecule has 1 amide bonds. The number of esters is 1. The average molecular weight is 230 g/mol. The van der Waals surface area contributed by atoms with Gasteiger partial charge >= 0.3 is 5.97 Å². The Morgan fingerprint density at radius 3 is 3.00 bits per heavy atom. The molecule has 1 aromatic carbocycles. The molecule has 0 N–H and O–H groups in total.